The van der Waals surface area contributed by atoms with Gasteiger partial charge < -0.3 is 0 Å². The van der Waals surface area contributed by atoms with Crippen LogP contribution < -0.4 is 0 Å². The van der Waals surface area contributed by atoms with Crippen LogP contribution in [0.5, 0.6) is 0 Å². The molecule has 0 saturated carbocycles. The molecule has 0 saturated heterocycles. The molecule has 2 nitrogen and oxygen atoms in total. The number of hydrogen-bond donors (Lipinski definition) is 0. The lowest BCUT2D eigenvalue weighted by Gasteiger charge is -2.12. The van der Waals surface area contributed by atoms with Crippen molar-refractivity contribution in [1.29, 1.82) is 0 Å². The average molecular weight is 384 g/mol. The smallest absolute Gasteiger partial charge is 0.200 e. The van der Waals surface area contributed by atoms with Crippen molar-refractivity contribution < 1.29 is 22.0 Å². The molecule has 0 radical (unpaired) electrons. The van der Waals surface area contributed by atoms with Crippen LogP contribution in [-0.2, 0) is 0 Å². The van der Waals surface area contributed by atoms with Gasteiger partial charge in [-0.3, -0.25) is 4.40 Å². The molecule has 0 fully saturated rings. The fraction of sp³-hybridized carbons (Fsp3) is 0. The standard InChI is InChI=1S/C21H9F5N2/c22-16-15(17(23)19(25)20(26)18(16)24)14-9-27-21-12-7-2-1-5-10(12)11-6-3-4-8-13(11)28(14)21/h1-9H. The highest BCUT2D eigenvalue weighted by molar-refractivity contribution is 6.12. The van der Waals surface area contributed by atoms with Crippen molar-refractivity contribution >= 4 is 27.3 Å². The lowest BCUT2D eigenvalue weighted by Crippen LogP contribution is -2.05. The molecule has 3 aromatic carbocycles. The van der Waals surface area contributed by atoms with Gasteiger partial charge in [0, 0.05) is 10.8 Å². The topological polar surface area (TPSA) is 17.3 Å². The predicted octanol–water partition coefficient (Wildman–Crippen LogP) is 6.00. The Labute approximate surface area is 154 Å². The molecule has 0 atom stereocenters. The third-order valence-corrected chi connectivity index (χ3v) is 4.83. The second-order valence-corrected chi connectivity index (χ2v) is 6.31. The van der Waals surface area contributed by atoms with Gasteiger partial charge in [-0.2, -0.15) is 0 Å². The number of aromatic nitrogens is 2. The highest BCUT2D eigenvalue weighted by atomic mass is 19.2. The van der Waals surface area contributed by atoms with Gasteiger partial charge in [-0.05, 0) is 11.5 Å². The van der Waals surface area contributed by atoms with Crippen LogP contribution in [0.25, 0.3) is 38.6 Å². The molecular formula is C21H9F5N2. The third-order valence-electron chi connectivity index (χ3n) is 4.83. The Morgan fingerprint density at radius 1 is 0.607 bits per heavy atom. The van der Waals surface area contributed by atoms with E-state index in [0.29, 0.717) is 16.6 Å². The van der Waals surface area contributed by atoms with E-state index in [1.807, 2.05) is 18.2 Å². The molecule has 0 bridgehead atoms. The molecule has 5 aromatic rings. The number of para-hydroxylation sites is 1. The lowest BCUT2D eigenvalue weighted by molar-refractivity contribution is 0.381. The van der Waals surface area contributed by atoms with Crippen LogP contribution in [0.4, 0.5) is 22.0 Å². The maximum absolute atomic E-state index is 14.4. The number of benzene rings is 3. The van der Waals surface area contributed by atoms with Gasteiger partial charge in [0.2, 0.25) is 5.82 Å². The zero-order valence-corrected chi connectivity index (χ0v) is 14.0. The van der Waals surface area contributed by atoms with E-state index in [4.69, 9.17) is 0 Å². The summed E-state index contributed by atoms with van der Waals surface area (Å²) in [6, 6.07) is 14.3. The zero-order chi connectivity index (χ0) is 19.6. The zero-order valence-electron chi connectivity index (χ0n) is 14.0. The molecular weight excluding hydrogens is 375 g/mol. The molecule has 0 N–H and O–H groups in total. The predicted molar refractivity (Wildman–Crippen MR) is 95.4 cm³/mol. The minimum atomic E-state index is -2.19. The average Bonchev–Trinajstić information content (AvgIpc) is 3.16. The van der Waals surface area contributed by atoms with Gasteiger partial charge in [-0.1, -0.05) is 42.5 Å². The Morgan fingerprint density at radius 2 is 1.14 bits per heavy atom. The maximum Gasteiger partial charge on any atom is 0.200 e. The van der Waals surface area contributed by atoms with E-state index in [1.54, 1.807) is 30.3 Å². The van der Waals surface area contributed by atoms with Gasteiger partial charge in [0.1, 0.15) is 5.65 Å². The van der Waals surface area contributed by atoms with E-state index in [9.17, 15) is 22.0 Å². The summed E-state index contributed by atoms with van der Waals surface area (Å²) in [5, 5.41) is 2.31. The first-order valence-electron chi connectivity index (χ1n) is 8.29. The number of fused-ring (bicyclic) bond motifs is 6. The molecule has 0 amide bonds. The number of rotatable bonds is 1. The molecule has 0 aliphatic carbocycles. The summed E-state index contributed by atoms with van der Waals surface area (Å²) in [6.45, 7) is 0. The number of hydrogen-bond acceptors (Lipinski definition) is 1. The summed E-state index contributed by atoms with van der Waals surface area (Å²) in [6.07, 6.45) is 1.12. The molecule has 0 spiro atoms. The Kier molecular flexibility index (Phi) is 3.43. The fourth-order valence-electron chi connectivity index (χ4n) is 3.60. The Bertz CT molecular complexity index is 1390. The largest absolute Gasteiger partial charge is 0.292 e. The summed E-state index contributed by atoms with van der Waals surface area (Å²) in [5.41, 5.74) is -0.338. The Balaban J connectivity index is 2.03. The van der Waals surface area contributed by atoms with E-state index < -0.39 is 34.6 Å². The molecule has 0 aliphatic heterocycles. The Hall–Kier alpha value is -3.48. The Morgan fingerprint density at radius 3 is 1.82 bits per heavy atom. The summed E-state index contributed by atoms with van der Waals surface area (Å²) in [5.74, 6) is -9.96. The van der Waals surface area contributed by atoms with Crippen molar-refractivity contribution in [2.45, 2.75) is 0 Å². The fourth-order valence-corrected chi connectivity index (χ4v) is 3.60. The van der Waals surface area contributed by atoms with Crippen LogP contribution in [0.3, 0.4) is 0 Å². The van der Waals surface area contributed by atoms with Crippen molar-refractivity contribution in [1.82, 2.24) is 9.38 Å². The molecule has 28 heavy (non-hydrogen) atoms. The van der Waals surface area contributed by atoms with E-state index in [0.717, 1.165) is 17.0 Å². The monoisotopic (exact) mass is 384 g/mol. The van der Waals surface area contributed by atoms with Crippen LogP contribution in [0.15, 0.2) is 54.7 Å². The SMILES string of the molecule is Fc1c(F)c(F)c(-c2cnc3c4ccccc4c4ccccc4n23)c(F)c1F. The van der Waals surface area contributed by atoms with Crippen molar-refractivity contribution in [3.63, 3.8) is 0 Å². The molecule has 138 valence electrons. The number of nitrogens with zero attached hydrogens (tertiary/aromatic N) is 2. The molecule has 2 aromatic heterocycles. The number of pyridine rings is 1. The van der Waals surface area contributed by atoms with Crippen molar-refractivity contribution in [3.05, 3.63) is 83.8 Å². The van der Waals surface area contributed by atoms with Crippen molar-refractivity contribution in [3.8, 4) is 11.3 Å². The minimum absolute atomic E-state index is 0.218. The highest BCUT2D eigenvalue weighted by Gasteiger charge is 2.29. The maximum atomic E-state index is 14.4. The van der Waals surface area contributed by atoms with Crippen LogP contribution >= 0.6 is 0 Å². The van der Waals surface area contributed by atoms with Gasteiger partial charge in [0.25, 0.3) is 0 Å². The van der Waals surface area contributed by atoms with Crippen LogP contribution in [0, 0.1) is 29.1 Å². The molecule has 0 unspecified atom stereocenters. The number of halogens is 5. The summed E-state index contributed by atoms with van der Waals surface area (Å²) in [7, 11) is 0. The lowest BCUT2D eigenvalue weighted by atomic mass is 10.1. The first kappa shape index (κ1) is 16.7. The second-order valence-electron chi connectivity index (χ2n) is 6.31. The molecule has 7 heteroatoms. The van der Waals surface area contributed by atoms with Crippen LogP contribution in [0.1, 0.15) is 0 Å². The van der Waals surface area contributed by atoms with Gasteiger partial charge in [-0.25, -0.2) is 26.9 Å². The normalized spacial score (nSPS) is 11.8. The van der Waals surface area contributed by atoms with Gasteiger partial charge in [-0.15, -0.1) is 0 Å². The number of imidazole rings is 1. The van der Waals surface area contributed by atoms with Crippen molar-refractivity contribution in [2.24, 2.45) is 0 Å². The molecule has 2 heterocycles. The minimum Gasteiger partial charge on any atom is -0.292 e. The molecule has 0 aliphatic rings. The van der Waals surface area contributed by atoms with Gasteiger partial charge >= 0.3 is 0 Å². The molecule has 5 rings (SSSR count). The van der Waals surface area contributed by atoms with E-state index >= 15 is 0 Å². The second kappa shape index (κ2) is 5.76. The van der Waals surface area contributed by atoms with Crippen LogP contribution in [-0.4, -0.2) is 9.38 Å². The quantitative estimate of drug-likeness (QED) is 0.150. The van der Waals surface area contributed by atoms with E-state index in [2.05, 4.69) is 4.98 Å². The highest BCUT2D eigenvalue weighted by Crippen LogP contribution is 2.36. The van der Waals surface area contributed by atoms with Gasteiger partial charge in [0.05, 0.1) is 23.0 Å². The summed E-state index contributed by atoms with van der Waals surface area (Å²) >= 11 is 0. The van der Waals surface area contributed by atoms with Crippen molar-refractivity contribution in [2.75, 3.05) is 0 Å². The van der Waals surface area contributed by atoms with Gasteiger partial charge in [0.15, 0.2) is 23.3 Å². The third kappa shape index (κ3) is 2.04. The van der Waals surface area contributed by atoms with E-state index in [-0.39, 0.29) is 5.69 Å². The summed E-state index contributed by atoms with van der Waals surface area (Å²) < 4.78 is 71.3. The van der Waals surface area contributed by atoms with E-state index in [1.165, 1.54) is 4.40 Å². The first-order valence-corrected chi connectivity index (χ1v) is 8.29. The van der Waals surface area contributed by atoms with Crippen LogP contribution in [0.2, 0.25) is 0 Å². The first-order chi connectivity index (χ1) is 13.5. The summed E-state index contributed by atoms with van der Waals surface area (Å²) in [4.78, 5) is 4.23.